The maximum Gasteiger partial charge on any atom is 0.573 e. The van der Waals surface area contributed by atoms with Crippen molar-refractivity contribution in [2.24, 2.45) is 5.73 Å². The second-order valence-electron chi connectivity index (χ2n) is 7.25. The van der Waals surface area contributed by atoms with Crippen molar-refractivity contribution in [3.05, 3.63) is 28.8 Å². The van der Waals surface area contributed by atoms with Gasteiger partial charge in [-0.1, -0.05) is 0 Å². The van der Waals surface area contributed by atoms with Crippen LogP contribution in [0.1, 0.15) is 30.0 Å². The topological polar surface area (TPSA) is 112 Å². The van der Waals surface area contributed by atoms with Crippen molar-refractivity contribution in [3.63, 3.8) is 0 Å². The van der Waals surface area contributed by atoms with Crippen LogP contribution in [-0.2, 0) is 29.1 Å². The fourth-order valence-electron chi connectivity index (χ4n) is 3.45. The first-order chi connectivity index (χ1) is 14.7. The van der Waals surface area contributed by atoms with E-state index in [1.165, 1.54) is 6.07 Å². The van der Waals surface area contributed by atoms with Gasteiger partial charge >= 0.3 is 6.36 Å². The molecule has 170 valence electrons. The van der Waals surface area contributed by atoms with Crippen LogP contribution in [0.25, 0.3) is 11.3 Å². The maximum absolute atomic E-state index is 12.7. The van der Waals surface area contributed by atoms with Crippen LogP contribution in [0.5, 0.6) is 11.5 Å². The van der Waals surface area contributed by atoms with Crippen molar-refractivity contribution >= 4 is 5.82 Å². The molecule has 1 aliphatic rings. The van der Waals surface area contributed by atoms with Gasteiger partial charge in [0.05, 0.1) is 13.2 Å². The largest absolute Gasteiger partial charge is 0.573 e. The number of ether oxygens (including phenoxy) is 3. The summed E-state index contributed by atoms with van der Waals surface area (Å²) in [7, 11) is 1.55. The van der Waals surface area contributed by atoms with Crippen LogP contribution in [0.3, 0.4) is 0 Å². The minimum atomic E-state index is -4.89. The number of hydrogen-bond acceptors (Lipinski definition) is 8. The standard InChI is InChI=1S/C20H25F3N4O4/c1-11(8-24)25-19-15(10-29-2)14-4-3-5-30-9-12-6-13(31-20(21,22)23)7-16(28)17(12)18(14)26-27-19/h6-7,11,28H,3-5,8-10,24H2,1-2H3,(H,25,27)/t11-/m1/s1. The highest BCUT2D eigenvalue weighted by molar-refractivity contribution is 5.76. The molecule has 0 spiro atoms. The fourth-order valence-corrected chi connectivity index (χ4v) is 3.45. The van der Waals surface area contributed by atoms with E-state index in [0.29, 0.717) is 43.1 Å². The molecule has 0 saturated carbocycles. The summed E-state index contributed by atoms with van der Waals surface area (Å²) in [5, 5.41) is 22.4. The Morgan fingerprint density at radius 2 is 2.10 bits per heavy atom. The number of aromatic hydroxyl groups is 1. The summed E-state index contributed by atoms with van der Waals surface area (Å²) in [6, 6.07) is 2.04. The molecule has 0 fully saturated rings. The number of nitrogens with zero attached hydrogens (tertiary/aromatic N) is 2. The number of methoxy groups -OCH3 is 1. The lowest BCUT2D eigenvalue weighted by Gasteiger charge is -2.21. The van der Waals surface area contributed by atoms with Gasteiger partial charge in [-0.15, -0.1) is 23.4 Å². The van der Waals surface area contributed by atoms with Gasteiger partial charge in [-0.3, -0.25) is 0 Å². The molecule has 1 atom stereocenters. The molecule has 11 heteroatoms. The molecule has 1 aliphatic heterocycles. The Hall–Kier alpha value is -2.63. The molecule has 0 amide bonds. The van der Waals surface area contributed by atoms with Gasteiger partial charge < -0.3 is 30.4 Å². The number of halogens is 3. The molecule has 4 N–H and O–H groups in total. The van der Waals surface area contributed by atoms with Gasteiger partial charge in [-0.05, 0) is 37.0 Å². The summed E-state index contributed by atoms with van der Waals surface area (Å²) < 4.78 is 53.0. The smallest absolute Gasteiger partial charge is 0.507 e. The van der Waals surface area contributed by atoms with E-state index in [2.05, 4.69) is 20.3 Å². The lowest BCUT2D eigenvalue weighted by molar-refractivity contribution is -0.274. The Balaban J connectivity index is 2.18. The highest BCUT2D eigenvalue weighted by Crippen LogP contribution is 2.41. The number of aromatic nitrogens is 2. The van der Waals surface area contributed by atoms with Gasteiger partial charge in [-0.25, -0.2) is 0 Å². The van der Waals surface area contributed by atoms with Crippen molar-refractivity contribution in [2.75, 3.05) is 25.6 Å². The molecular weight excluding hydrogens is 417 g/mol. The minimum absolute atomic E-state index is 0.0110. The number of alkyl halides is 3. The minimum Gasteiger partial charge on any atom is -0.507 e. The van der Waals surface area contributed by atoms with Gasteiger partial charge in [-0.2, -0.15) is 0 Å². The Labute approximate surface area is 177 Å². The molecule has 1 aromatic carbocycles. The van der Waals surface area contributed by atoms with Crippen LogP contribution in [0.4, 0.5) is 19.0 Å². The zero-order valence-electron chi connectivity index (χ0n) is 17.3. The third kappa shape index (κ3) is 5.54. The summed E-state index contributed by atoms with van der Waals surface area (Å²) in [6.07, 6.45) is -3.69. The van der Waals surface area contributed by atoms with Crippen molar-refractivity contribution in [3.8, 4) is 22.8 Å². The third-order valence-electron chi connectivity index (χ3n) is 4.83. The monoisotopic (exact) mass is 442 g/mol. The second-order valence-corrected chi connectivity index (χ2v) is 7.25. The first-order valence-electron chi connectivity index (χ1n) is 9.77. The molecule has 2 aromatic rings. The van der Waals surface area contributed by atoms with E-state index in [1.807, 2.05) is 6.92 Å². The quantitative estimate of drug-likeness (QED) is 0.626. The zero-order chi connectivity index (χ0) is 22.6. The molecule has 0 radical (unpaired) electrons. The predicted octanol–water partition coefficient (Wildman–Crippen LogP) is 3.12. The average Bonchev–Trinajstić information content (AvgIpc) is 2.77. The molecule has 0 aliphatic carbocycles. The molecule has 31 heavy (non-hydrogen) atoms. The van der Waals surface area contributed by atoms with E-state index in [4.69, 9.17) is 15.2 Å². The number of rotatable bonds is 6. The zero-order valence-corrected chi connectivity index (χ0v) is 17.3. The molecule has 3 rings (SSSR count). The van der Waals surface area contributed by atoms with E-state index < -0.39 is 17.9 Å². The molecule has 0 unspecified atom stereocenters. The Morgan fingerprint density at radius 1 is 1.32 bits per heavy atom. The number of benzene rings is 1. The van der Waals surface area contributed by atoms with Crippen LogP contribution in [-0.4, -0.2) is 48.0 Å². The molecule has 8 nitrogen and oxygen atoms in total. The van der Waals surface area contributed by atoms with E-state index in [-0.39, 0.29) is 24.8 Å². The number of phenolic OH excluding ortho intramolecular Hbond substituents is 1. The average molecular weight is 442 g/mol. The molecule has 0 saturated heterocycles. The number of fused-ring (bicyclic) bond motifs is 3. The van der Waals surface area contributed by atoms with Crippen LogP contribution in [0.2, 0.25) is 0 Å². The van der Waals surface area contributed by atoms with E-state index in [9.17, 15) is 18.3 Å². The number of nitrogens with two attached hydrogens (primary N) is 1. The maximum atomic E-state index is 12.7. The number of phenols is 1. The number of anilines is 1. The highest BCUT2D eigenvalue weighted by Gasteiger charge is 2.32. The summed E-state index contributed by atoms with van der Waals surface area (Å²) >= 11 is 0. The first kappa shape index (κ1) is 23.0. The summed E-state index contributed by atoms with van der Waals surface area (Å²) in [6.45, 7) is 2.87. The van der Waals surface area contributed by atoms with Gasteiger partial charge in [0.2, 0.25) is 0 Å². The van der Waals surface area contributed by atoms with Crippen LogP contribution < -0.4 is 15.8 Å². The van der Waals surface area contributed by atoms with Crippen LogP contribution in [0, 0.1) is 0 Å². The fraction of sp³-hybridized carbons (Fsp3) is 0.500. The number of hydrogen-bond donors (Lipinski definition) is 3. The first-order valence-corrected chi connectivity index (χ1v) is 9.77. The van der Waals surface area contributed by atoms with Gasteiger partial charge in [0.1, 0.15) is 17.2 Å². The second kappa shape index (κ2) is 9.67. The molecule has 1 aromatic heterocycles. The van der Waals surface area contributed by atoms with Gasteiger partial charge in [0.25, 0.3) is 0 Å². The van der Waals surface area contributed by atoms with Crippen LogP contribution in [0.15, 0.2) is 12.1 Å². The van der Waals surface area contributed by atoms with Crippen molar-refractivity contribution in [1.82, 2.24) is 10.2 Å². The lowest BCUT2D eigenvalue weighted by Crippen LogP contribution is -2.27. The summed E-state index contributed by atoms with van der Waals surface area (Å²) in [4.78, 5) is 0. The van der Waals surface area contributed by atoms with Gasteiger partial charge in [0.15, 0.2) is 5.82 Å². The molecule has 0 bridgehead atoms. The predicted molar refractivity (Wildman–Crippen MR) is 107 cm³/mol. The normalized spacial score (nSPS) is 15.2. The third-order valence-corrected chi connectivity index (χ3v) is 4.83. The SMILES string of the molecule is COCc1c(N[C@H](C)CN)nnc2c1CCCOCc1cc(OC(F)(F)F)cc(O)c1-2. The number of nitrogens with one attached hydrogen (secondary N) is 1. The van der Waals surface area contributed by atoms with E-state index in [0.717, 1.165) is 17.2 Å². The lowest BCUT2D eigenvalue weighted by atomic mass is 9.94. The Morgan fingerprint density at radius 3 is 2.77 bits per heavy atom. The van der Waals surface area contributed by atoms with Crippen molar-refractivity contribution < 1.29 is 32.5 Å². The molecule has 2 heterocycles. The summed E-state index contributed by atoms with van der Waals surface area (Å²) in [5.74, 6) is -0.428. The highest BCUT2D eigenvalue weighted by atomic mass is 19.4. The van der Waals surface area contributed by atoms with Gasteiger partial charge in [0, 0.05) is 43.5 Å². The van der Waals surface area contributed by atoms with E-state index in [1.54, 1.807) is 7.11 Å². The van der Waals surface area contributed by atoms with Crippen LogP contribution >= 0.6 is 0 Å². The summed E-state index contributed by atoms with van der Waals surface area (Å²) in [5.41, 5.74) is 8.17. The Bertz CT molecular complexity index is 924. The Kier molecular flexibility index (Phi) is 7.19. The molecular formula is C20H25F3N4O4. The van der Waals surface area contributed by atoms with E-state index >= 15 is 0 Å². The van der Waals surface area contributed by atoms with Crippen molar-refractivity contribution in [1.29, 1.82) is 0 Å². The van der Waals surface area contributed by atoms with Crippen molar-refractivity contribution in [2.45, 2.75) is 45.4 Å².